The second-order valence-corrected chi connectivity index (χ2v) is 9.01. The van der Waals surface area contributed by atoms with Crippen molar-refractivity contribution in [2.75, 3.05) is 20.6 Å². The number of likely N-dealkylation sites (N-methyl/N-ethyl adjacent to an activating group) is 1. The molecule has 1 amide bonds. The molecule has 0 bridgehead atoms. The van der Waals surface area contributed by atoms with Crippen LogP contribution in [0.25, 0.3) is 5.70 Å². The van der Waals surface area contributed by atoms with Crippen LogP contribution in [0.5, 0.6) is 5.75 Å². The Morgan fingerprint density at radius 1 is 1.03 bits per heavy atom. The van der Waals surface area contributed by atoms with E-state index < -0.39 is 23.3 Å². The molecule has 0 aromatic heterocycles. The summed E-state index contributed by atoms with van der Waals surface area (Å²) in [5.41, 5.74) is 0.0235. The highest BCUT2D eigenvalue weighted by Crippen LogP contribution is 2.49. The van der Waals surface area contributed by atoms with E-state index in [4.69, 9.17) is 4.74 Å². The molecule has 0 aliphatic carbocycles. The number of rotatable bonds is 4. The molecule has 4 nitrogen and oxygen atoms in total. The van der Waals surface area contributed by atoms with Gasteiger partial charge in [0, 0.05) is 28.8 Å². The average Bonchev–Trinajstić information content (AvgIpc) is 3.03. The van der Waals surface area contributed by atoms with Gasteiger partial charge >= 0.3 is 12.1 Å². The second kappa shape index (κ2) is 7.55. The standard InChI is InChI=1S/C24H23F5N2O2/c1-22(2)18(13-30(3)4)20(31-12-14-7-5-6-8-16(14)21(31)32)17-11-15(9-10-19(17)33-22)23(25,26)24(27,28)29/h5-11H,12-13H2,1-4H3. The first-order chi connectivity index (χ1) is 15.2. The minimum atomic E-state index is -5.76. The Morgan fingerprint density at radius 3 is 2.30 bits per heavy atom. The van der Waals surface area contributed by atoms with Gasteiger partial charge in [-0.15, -0.1) is 0 Å². The van der Waals surface area contributed by atoms with E-state index >= 15 is 0 Å². The van der Waals surface area contributed by atoms with Crippen molar-refractivity contribution in [2.45, 2.75) is 38.1 Å². The van der Waals surface area contributed by atoms with E-state index in [-0.39, 0.29) is 23.8 Å². The number of hydrogen-bond acceptors (Lipinski definition) is 3. The molecule has 0 saturated carbocycles. The number of benzene rings is 2. The van der Waals surface area contributed by atoms with Crippen LogP contribution in [0.3, 0.4) is 0 Å². The third kappa shape index (κ3) is 3.78. The molecule has 0 spiro atoms. The predicted molar refractivity (Wildman–Crippen MR) is 113 cm³/mol. The number of nitrogens with zero attached hydrogens (tertiary/aromatic N) is 2. The quantitative estimate of drug-likeness (QED) is 0.563. The van der Waals surface area contributed by atoms with Crippen molar-refractivity contribution < 1.29 is 31.5 Å². The van der Waals surface area contributed by atoms with Crippen molar-refractivity contribution in [3.63, 3.8) is 0 Å². The highest BCUT2D eigenvalue weighted by molar-refractivity contribution is 6.04. The topological polar surface area (TPSA) is 32.8 Å². The van der Waals surface area contributed by atoms with Gasteiger partial charge in [-0.05, 0) is 57.8 Å². The summed E-state index contributed by atoms with van der Waals surface area (Å²) in [6, 6.07) is 9.60. The summed E-state index contributed by atoms with van der Waals surface area (Å²) in [6.45, 7) is 4.04. The first-order valence-corrected chi connectivity index (χ1v) is 10.3. The van der Waals surface area contributed by atoms with Gasteiger partial charge in [0.25, 0.3) is 5.91 Å². The molecule has 2 aromatic carbocycles. The largest absolute Gasteiger partial charge is 0.483 e. The smallest absolute Gasteiger partial charge is 0.458 e. The zero-order chi connectivity index (χ0) is 24.3. The second-order valence-electron chi connectivity index (χ2n) is 9.01. The van der Waals surface area contributed by atoms with Crippen LogP contribution in [0, 0.1) is 0 Å². The lowest BCUT2D eigenvalue weighted by molar-refractivity contribution is -0.289. The van der Waals surface area contributed by atoms with Gasteiger partial charge in [0.1, 0.15) is 11.4 Å². The summed E-state index contributed by atoms with van der Waals surface area (Å²) in [5.74, 6) is -5.25. The molecule has 0 atom stereocenters. The fourth-order valence-corrected chi connectivity index (χ4v) is 4.27. The van der Waals surface area contributed by atoms with Crippen LogP contribution in [-0.2, 0) is 12.5 Å². The molecule has 9 heteroatoms. The summed E-state index contributed by atoms with van der Waals surface area (Å²) >= 11 is 0. The van der Waals surface area contributed by atoms with Crippen LogP contribution >= 0.6 is 0 Å². The van der Waals surface area contributed by atoms with E-state index in [0.717, 1.165) is 23.8 Å². The Balaban J connectivity index is 1.96. The molecular weight excluding hydrogens is 443 g/mol. The molecule has 0 N–H and O–H groups in total. The molecule has 2 aliphatic heterocycles. The van der Waals surface area contributed by atoms with E-state index in [2.05, 4.69) is 0 Å². The molecule has 0 radical (unpaired) electrons. The van der Waals surface area contributed by atoms with E-state index in [1.54, 1.807) is 52.2 Å². The van der Waals surface area contributed by atoms with Crippen LogP contribution in [0.2, 0.25) is 0 Å². The van der Waals surface area contributed by atoms with Gasteiger partial charge in [-0.25, -0.2) is 0 Å². The summed E-state index contributed by atoms with van der Waals surface area (Å²) < 4.78 is 73.8. The predicted octanol–water partition coefficient (Wildman–Crippen LogP) is 5.44. The van der Waals surface area contributed by atoms with Gasteiger partial charge in [-0.1, -0.05) is 18.2 Å². The number of halogens is 5. The zero-order valence-corrected chi connectivity index (χ0v) is 18.6. The van der Waals surface area contributed by atoms with E-state index in [1.165, 1.54) is 4.90 Å². The third-order valence-electron chi connectivity index (χ3n) is 5.90. The van der Waals surface area contributed by atoms with Gasteiger partial charge in [-0.3, -0.25) is 4.79 Å². The maximum atomic E-state index is 14.2. The summed E-state index contributed by atoms with van der Waals surface area (Å²) in [5, 5.41) is 0. The summed E-state index contributed by atoms with van der Waals surface area (Å²) in [6.07, 6.45) is -5.76. The van der Waals surface area contributed by atoms with E-state index in [0.29, 0.717) is 23.4 Å². The Morgan fingerprint density at radius 2 is 1.70 bits per heavy atom. The molecule has 2 aliphatic rings. The fourth-order valence-electron chi connectivity index (χ4n) is 4.27. The minimum absolute atomic E-state index is 0.0359. The number of amides is 1. The van der Waals surface area contributed by atoms with E-state index in [1.807, 2.05) is 4.90 Å². The lowest BCUT2D eigenvalue weighted by Gasteiger charge is -2.40. The summed E-state index contributed by atoms with van der Waals surface area (Å²) in [7, 11) is 3.59. The molecule has 4 rings (SSSR count). The average molecular weight is 466 g/mol. The Labute approximate surface area is 188 Å². The van der Waals surface area contributed by atoms with Gasteiger partial charge in [-0.2, -0.15) is 22.0 Å². The van der Waals surface area contributed by atoms with Crippen LogP contribution in [0.15, 0.2) is 48.0 Å². The molecule has 2 heterocycles. The highest BCUT2D eigenvalue weighted by atomic mass is 19.4. The van der Waals surface area contributed by atoms with Crippen LogP contribution in [0.4, 0.5) is 22.0 Å². The minimum Gasteiger partial charge on any atom is -0.483 e. The van der Waals surface area contributed by atoms with Crippen molar-refractivity contribution in [3.8, 4) is 5.75 Å². The number of carbonyl (C=O) groups excluding carboxylic acids is 1. The first-order valence-electron chi connectivity index (χ1n) is 10.3. The summed E-state index contributed by atoms with van der Waals surface area (Å²) in [4.78, 5) is 16.6. The normalized spacial score (nSPS) is 17.9. The number of alkyl halides is 5. The van der Waals surface area contributed by atoms with Crippen molar-refractivity contribution in [3.05, 3.63) is 70.3 Å². The molecule has 0 fully saturated rings. The van der Waals surface area contributed by atoms with Crippen LogP contribution in [0.1, 0.15) is 40.9 Å². The molecule has 33 heavy (non-hydrogen) atoms. The van der Waals surface area contributed by atoms with E-state index in [9.17, 15) is 26.7 Å². The zero-order valence-electron chi connectivity index (χ0n) is 18.6. The molecular formula is C24H23F5N2O2. The van der Waals surface area contributed by atoms with Crippen LogP contribution in [-0.4, -0.2) is 48.1 Å². The molecule has 176 valence electrons. The number of ether oxygens (including phenoxy) is 1. The highest BCUT2D eigenvalue weighted by Gasteiger charge is 2.59. The van der Waals surface area contributed by atoms with Crippen LogP contribution < -0.4 is 4.74 Å². The van der Waals surface area contributed by atoms with Crippen molar-refractivity contribution in [1.82, 2.24) is 9.80 Å². The molecule has 0 unspecified atom stereocenters. The van der Waals surface area contributed by atoms with Crippen molar-refractivity contribution >= 4 is 11.6 Å². The van der Waals surface area contributed by atoms with Gasteiger partial charge in [0.15, 0.2) is 0 Å². The number of carbonyl (C=O) groups is 1. The SMILES string of the molecule is CN(C)CC1=C(N2Cc3ccccc3C2=O)c2cc(C(F)(F)C(F)(F)F)ccc2OC1(C)C. The monoisotopic (exact) mass is 466 g/mol. The Hall–Kier alpha value is -2.94. The Kier molecular flexibility index (Phi) is 5.31. The van der Waals surface area contributed by atoms with Gasteiger partial charge in [0.05, 0.1) is 12.2 Å². The molecule has 2 aromatic rings. The Bertz CT molecular complexity index is 1150. The number of hydrogen-bond donors (Lipinski definition) is 0. The van der Waals surface area contributed by atoms with Crippen molar-refractivity contribution in [2.24, 2.45) is 0 Å². The van der Waals surface area contributed by atoms with Crippen molar-refractivity contribution in [1.29, 1.82) is 0 Å². The lowest BCUT2D eigenvalue weighted by atomic mass is 9.87. The number of fused-ring (bicyclic) bond motifs is 2. The third-order valence-corrected chi connectivity index (χ3v) is 5.90. The lowest BCUT2D eigenvalue weighted by Crippen LogP contribution is -2.42. The van der Waals surface area contributed by atoms with Gasteiger partial charge < -0.3 is 14.5 Å². The van der Waals surface area contributed by atoms with Gasteiger partial charge in [0.2, 0.25) is 0 Å². The molecule has 0 saturated heterocycles. The fraction of sp³-hybridized carbons (Fsp3) is 0.375. The maximum absolute atomic E-state index is 14.2. The first kappa shape index (κ1) is 23.2. The maximum Gasteiger partial charge on any atom is 0.458 e.